The molecule has 0 aliphatic heterocycles. The van der Waals surface area contributed by atoms with Gasteiger partial charge in [-0.2, -0.15) is 0 Å². The topological polar surface area (TPSA) is 40.5 Å². The maximum absolute atomic E-state index is 10.2. The van der Waals surface area contributed by atoms with Gasteiger partial charge in [0.2, 0.25) is 0 Å². The van der Waals surface area contributed by atoms with Gasteiger partial charge >= 0.3 is 0 Å². The summed E-state index contributed by atoms with van der Waals surface area (Å²) >= 11 is 0. The molecular weight excluding hydrogens is 404 g/mol. The standard InChI is InChI=1S/C31H38O2/c1-19-11-24(12-20(2)30(19)32)15-27-17-29(26-9-7-6-8-10-26)18-28(23(27)5)16-25-13-21(3)31(33)22(4)14-25/h11-14,17-18,26,32-33H,6-10,15-16H2,1-5H3. The molecule has 2 nitrogen and oxygen atoms in total. The lowest BCUT2D eigenvalue weighted by molar-refractivity contribution is 0.443. The summed E-state index contributed by atoms with van der Waals surface area (Å²) in [5.41, 5.74) is 11.9. The summed E-state index contributed by atoms with van der Waals surface area (Å²) in [6, 6.07) is 13.4. The number of hydrogen-bond acceptors (Lipinski definition) is 2. The number of aryl methyl sites for hydroxylation is 4. The quantitative estimate of drug-likeness (QED) is 0.422. The van der Waals surface area contributed by atoms with Crippen LogP contribution in [0.3, 0.4) is 0 Å². The second-order valence-corrected chi connectivity index (χ2v) is 10.3. The Balaban J connectivity index is 1.75. The molecule has 0 aromatic heterocycles. The van der Waals surface area contributed by atoms with Crippen LogP contribution in [-0.2, 0) is 12.8 Å². The van der Waals surface area contributed by atoms with Gasteiger partial charge in [0, 0.05) is 0 Å². The Kier molecular flexibility index (Phi) is 6.83. The lowest BCUT2D eigenvalue weighted by Gasteiger charge is -2.25. The molecule has 1 aliphatic rings. The van der Waals surface area contributed by atoms with Crippen molar-refractivity contribution in [2.45, 2.75) is 85.5 Å². The van der Waals surface area contributed by atoms with Crippen LogP contribution in [0.4, 0.5) is 0 Å². The van der Waals surface area contributed by atoms with Crippen LogP contribution in [0.15, 0.2) is 36.4 Å². The molecule has 3 aromatic rings. The van der Waals surface area contributed by atoms with Crippen LogP contribution in [0.25, 0.3) is 0 Å². The summed E-state index contributed by atoms with van der Waals surface area (Å²) < 4.78 is 0. The molecule has 0 amide bonds. The van der Waals surface area contributed by atoms with Crippen LogP contribution in [0.5, 0.6) is 11.5 Å². The SMILES string of the molecule is Cc1cc(Cc2cc(C3CCCCC3)cc(Cc3cc(C)c(O)c(C)c3)c2C)cc(C)c1O. The summed E-state index contributed by atoms with van der Waals surface area (Å²) in [4.78, 5) is 0. The lowest BCUT2D eigenvalue weighted by atomic mass is 9.80. The van der Waals surface area contributed by atoms with Crippen molar-refractivity contribution in [3.63, 3.8) is 0 Å². The molecule has 1 fully saturated rings. The molecule has 0 unspecified atom stereocenters. The van der Waals surface area contributed by atoms with Gasteiger partial charge < -0.3 is 10.2 Å². The van der Waals surface area contributed by atoms with Gasteiger partial charge in [-0.1, -0.05) is 55.7 Å². The van der Waals surface area contributed by atoms with Crippen molar-refractivity contribution in [1.29, 1.82) is 0 Å². The molecule has 2 N–H and O–H groups in total. The zero-order valence-corrected chi connectivity index (χ0v) is 20.9. The molecule has 0 atom stereocenters. The molecule has 0 saturated heterocycles. The number of benzene rings is 3. The average molecular weight is 443 g/mol. The Labute approximate surface area is 199 Å². The molecular formula is C31H38O2. The summed E-state index contributed by atoms with van der Waals surface area (Å²) in [7, 11) is 0. The molecule has 0 radical (unpaired) electrons. The van der Waals surface area contributed by atoms with Crippen molar-refractivity contribution in [3.8, 4) is 11.5 Å². The first-order valence-electron chi connectivity index (χ1n) is 12.4. The Bertz CT molecular complexity index is 1040. The van der Waals surface area contributed by atoms with Crippen molar-refractivity contribution in [1.82, 2.24) is 0 Å². The minimum absolute atomic E-state index is 0.408. The first kappa shape index (κ1) is 23.4. The summed E-state index contributed by atoms with van der Waals surface area (Å²) in [5.74, 6) is 1.47. The van der Waals surface area contributed by atoms with Crippen molar-refractivity contribution in [2.75, 3.05) is 0 Å². The molecule has 2 heteroatoms. The van der Waals surface area contributed by atoms with Gasteiger partial charge in [0.05, 0.1) is 0 Å². The molecule has 0 spiro atoms. The molecule has 0 bridgehead atoms. The van der Waals surface area contributed by atoms with Crippen molar-refractivity contribution in [2.24, 2.45) is 0 Å². The van der Waals surface area contributed by atoms with E-state index in [1.54, 1.807) is 0 Å². The number of rotatable bonds is 5. The van der Waals surface area contributed by atoms with Crippen molar-refractivity contribution < 1.29 is 10.2 Å². The lowest BCUT2D eigenvalue weighted by Crippen LogP contribution is -2.08. The van der Waals surface area contributed by atoms with Crippen molar-refractivity contribution >= 4 is 0 Å². The molecule has 0 heterocycles. The van der Waals surface area contributed by atoms with Gasteiger partial charge in [-0.25, -0.2) is 0 Å². The van der Waals surface area contributed by atoms with Crippen LogP contribution in [0.2, 0.25) is 0 Å². The van der Waals surface area contributed by atoms with E-state index < -0.39 is 0 Å². The minimum Gasteiger partial charge on any atom is -0.507 e. The Morgan fingerprint density at radius 3 is 1.39 bits per heavy atom. The predicted molar refractivity (Wildman–Crippen MR) is 138 cm³/mol. The third-order valence-corrected chi connectivity index (χ3v) is 7.61. The smallest absolute Gasteiger partial charge is 0.121 e. The Hall–Kier alpha value is -2.74. The van der Waals surface area contributed by atoms with Crippen LogP contribution < -0.4 is 0 Å². The first-order valence-corrected chi connectivity index (χ1v) is 12.4. The van der Waals surface area contributed by atoms with E-state index in [4.69, 9.17) is 0 Å². The van der Waals surface area contributed by atoms with E-state index in [1.807, 2.05) is 27.7 Å². The number of aromatic hydroxyl groups is 2. The van der Waals surface area contributed by atoms with E-state index in [1.165, 1.54) is 65.5 Å². The van der Waals surface area contributed by atoms with E-state index in [2.05, 4.69) is 43.3 Å². The third-order valence-electron chi connectivity index (χ3n) is 7.61. The minimum atomic E-state index is 0.408. The largest absolute Gasteiger partial charge is 0.507 e. The molecule has 1 saturated carbocycles. The van der Waals surface area contributed by atoms with E-state index in [-0.39, 0.29) is 0 Å². The highest BCUT2D eigenvalue weighted by Gasteiger charge is 2.19. The number of hydrogen-bond donors (Lipinski definition) is 2. The second kappa shape index (κ2) is 9.63. The van der Waals surface area contributed by atoms with E-state index in [0.717, 1.165) is 35.1 Å². The third kappa shape index (κ3) is 5.11. The van der Waals surface area contributed by atoms with E-state index in [0.29, 0.717) is 17.4 Å². The normalized spacial score (nSPS) is 14.6. The van der Waals surface area contributed by atoms with Crippen LogP contribution in [0, 0.1) is 34.6 Å². The fraction of sp³-hybridized carbons (Fsp3) is 0.419. The maximum atomic E-state index is 10.2. The van der Waals surface area contributed by atoms with Gasteiger partial charge in [0.25, 0.3) is 0 Å². The average Bonchev–Trinajstić information content (AvgIpc) is 2.79. The number of phenols is 2. The number of phenolic OH excluding ortho intramolecular Hbond substituents is 2. The van der Waals surface area contributed by atoms with Crippen LogP contribution in [0.1, 0.15) is 93.7 Å². The van der Waals surface area contributed by atoms with Gasteiger partial charge in [0.15, 0.2) is 0 Å². The summed E-state index contributed by atoms with van der Waals surface area (Å²) in [6.45, 7) is 10.2. The summed E-state index contributed by atoms with van der Waals surface area (Å²) in [6.07, 6.45) is 8.36. The van der Waals surface area contributed by atoms with E-state index >= 15 is 0 Å². The van der Waals surface area contributed by atoms with Crippen LogP contribution >= 0.6 is 0 Å². The molecule has 3 aromatic carbocycles. The Morgan fingerprint density at radius 1 is 0.606 bits per heavy atom. The zero-order chi connectivity index (χ0) is 23.7. The van der Waals surface area contributed by atoms with Crippen LogP contribution in [-0.4, -0.2) is 10.2 Å². The molecule has 1 aliphatic carbocycles. The zero-order valence-electron chi connectivity index (χ0n) is 20.9. The fourth-order valence-electron chi connectivity index (χ4n) is 5.64. The van der Waals surface area contributed by atoms with E-state index in [9.17, 15) is 10.2 Å². The first-order chi connectivity index (χ1) is 15.7. The van der Waals surface area contributed by atoms with Gasteiger partial charge in [-0.3, -0.25) is 0 Å². The Morgan fingerprint density at radius 2 is 1.00 bits per heavy atom. The fourth-order valence-corrected chi connectivity index (χ4v) is 5.64. The monoisotopic (exact) mass is 442 g/mol. The molecule has 4 rings (SSSR count). The highest BCUT2D eigenvalue weighted by molar-refractivity contribution is 5.49. The predicted octanol–water partition coefficient (Wildman–Crippen LogP) is 7.87. The maximum Gasteiger partial charge on any atom is 0.121 e. The van der Waals surface area contributed by atoms with Gasteiger partial charge in [0.1, 0.15) is 11.5 Å². The molecule has 174 valence electrons. The summed E-state index contributed by atoms with van der Waals surface area (Å²) in [5, 5.41) is 20.4. The highest BCUT2D eigenvalue weighted by atomic mass is 16.3. The highest BCUT2D eigenvalue weighted by Crippen LogP contribution is 2.36. The second-order valence-electron chi connectivity index (χ2n) is 10.3. The van der Waals surface area contributed by atoms with Crippen molar-refractivity contribution in [3.05, 3.63) is 92.0 Å². The van der Waals surface area contributed by atoms with Gasteiger partial charge in [-0.05, 0) is 122 Å². The molecule has 33 heavy (non-hydrogen) atoms. The van der Waals surface area contributed by atoms with Gasteiger partial charge in [-0.15, -0.1) is 0 Å².